The van der Waals surface area contributed by atoms with Gasteiger partial charge in [0, 0.05) is 17.3 Å². The Morgan fingerprint density at radius 3 is 2.90 bits per heavy atom. The zero-order valence-corrected chi connectivity index (χ0v) is 14.1. The van der Waals surface area contributed by atoms with Gasteiger partial charge in [-0.15, -0.1) is 0 Å². The molecule has 5 heteroatoms. The van der Waals surface area contributed by atoms with Gasteiger partial charge < -0.3 is 10.4 Å². The lowest BCUT2D eigenvalue weighted by Gasteiger charge is -2.28. The number of hydrogen-bond acceptors (Lipinski definition) is 3. The molecule has 0 aromatic heterocycles. The number of carbonyl (C=O) groups is 1. The Labute approximate surface area is 135 Å². The van der Waals surface area contributed by atoms with Crippen LogP contribution in [-0.2, 0) is 11.2 Å². The second-order valence-electron chi connectivity index (χ2n) is 6.49. The molecule has 21 heavy (non-hydrogen) atoms. The Kier molecular flexibility index (Phi) is 5.23. The van der Waals surface area contributed by atoms with Crippen LogP contribution in [0.1, 0.15) is 25.8 Å². The number of halogens is 1. The van der Waals surface area contributed by atoms with E-state index in [-0.39, 0.29) is 11.3 Å². The van der Waals surface area contributed by atoms with Gasteiger partial charge in [0.25, 0.3) is 5.91 Å². The maximum Gasteiger partial charge on any atom is 0.252 e. The Morgan fingerprint density at radius 2 is 2.29 bits per heavy atom. The summed E-state index contributed by atoms with van der Waals surface area (Å²) in [6.07, 6.45) is 1.36. The largest absolute Gasteiger partial charge is 0.379 e. The van der Waals surface area contributed by atoms with Crippen molar-refractivity contribution >= 4 is 29.3 Å². The van der Waals surface area contributed by atoms with Crippen LogP contribution in [-0.4, -0.2) is 34.7 Å². The summed E-state index contributed by atoms with van der Waals surface area (Å²) in [6, 6.07) is 7.78. The zero-order valence-electron chi connectivity index (χ0n) is 12.5. The van der Waals surface area contributed by atoms with Crippen molar-refractivity contribution in [2.24, 2.45) is 5.41 Å². The molecule has 1 atom stereocenters. The fourth-order valence-corrected chi connectivity index (χ4v) is 3.93. The molecule has 2 N–H and O–H groups in total. The van der Waals surface area contributed by atoms with Crippen molar-refractivity contribution < 1.29 is 9.90 Å². The minimum atomic E-state index is -1.18. The van der Waals surface area contributed by atoms with Crippen molar-refractivity contribution in [3.63, 3.8) is 0 Å². The molecule has 1 heterocycles. The number of benzene rings is 1. The lowest BCUT2D eigenvalue weighted by molar-refractivity contribution is -0.137. The van der Waals surface area contributed by atoms with E-state index in [9.17, 15) is 9.90 Å². The van der Waals surface area contributed by atoms with Gasteiger partial charge in [0.15, 0.2) is 5.60 Å². The number of rotatable bonds is 5. The van der Waals surface area contributed by atoms with Gasteiger partial charge >= 0.3 is 0 Å². The van der Waals surface area contributed by atoms with Crippen LogP contribution >= 0.6 is 23.4 Å². The average molecular weight is 328 g/mol. The van der Waals surface area contributed by atoms with Crippen LogP contribution in [0.15, 0.2) is 24.3 Å². The fraction of sp³-hybridized carbons (Fsp3) is 0.562. The number of nitrogens with one attached hydrogen (secondary N) is 1. The highest BCUT2D eigenvalue weighted by Crippen LogP contribution is 2.28. The summed E-state index contributed by atoms with van der Waals surface area (Å²) in [7, 11) is 0. The molecule has 0 radical (unpaired) electrons. The van der Waals surface area contributed by atoms with E-state index >= 15 is 0 Å². The molecule has 0 saturated carbocycles. The summed E-state index contributed by atoms with van der Waals surface area (Å²) in [5, 5.41) is 13.9. The molecule has 2 rings (SSSR count). The predicted molar refractivity (Wildman–Crippen MR) is 88.8 cm³/mol. The SMILES string of the molecule is CC(C)(CNC(=O)C1(O)CCSC1)Cc1cccc(Cl)c1. The van der Waals surface area contributed by atoms with Gasteiger partial charge in [-0.3, -0.25) is 4.79 Å². The Balaban J connectivity index is 1.90. The van der Waals surface area contributed by atoms with Crippen molar-refractivity contribution in [1.82, 2.24) is 5.32 Å². The van der Waals surface area contributed by atoms with E-state index in [1.54, 1.807) is 11.8 Å². The Hall–Kier alpha value is -0.710. The summed E-state index contributed by atoms with van der Waals surface area (Å²) >= 11 is 7.62. The van der Waals surface area contributed by atoms with Gasteiger partial charge in [-0.05, 0) is 41.7 Å². The highest BCUT2D eigenvalue weighted by atomic mass is 35.5. The van der Waals surface area contributed by atoms with Gasteiger partial charge in [-0.2, -0.15) is 11.8 Å². The second-order valence-corrected chi connectivity index (χ2v) is 8.03. The molecular formula is C16H22ClNO2S. The number of carbonyl (C=O) groups excluding carboxylic acids is 1. The predicted octanol–water partition coefficient (Wildman–Crippen LogP) is 2.89. The van der Waals surface area contributed by atoms with Crippen molar-refractivity contribution in [3.8, 4) is 0 Å². The molecule has 0 aliphatic carbocycles. The molecule has 0 spiro atoms. The van der Waals surface area contributed by atoms with Crippen molar-refractivity contribution in [2.45, 2.75) is 32.3 Å². The standard InChI is InChI=1S/C16H22ClNO2S/c1-15(2,9-12-4-3-5-13(17)8-12)10-18-14(19)16(20)6-7-21-11-16/h3-5,8,20H,6-7,9-11H2,1-2H3,(H,18,19). The Morgan fingerprint density at radius 1 is 1.52 bits per heavy atom. The molecule has 1 fully saturated rings. The molecule has 1 aliphatic heterocycles. The van der Waals surface area contributed by atoms with Gasteiger partial charge in [0.2, 0.25) is 0 Å². The third kappa shape index (κ3) is 4.63. The first-order valence-electron chi connectivity index (χ1n) is 7.14. The Bertz CT molecular complexity index is 513. The molecule has 1 unspecified atom stereocenters. The quantitative estimate of drug-likeness (QED) is 0.874. The molecule has 1 aromatic rings. The van der Waals surface area contributed by atoms with E-state index in [1.165, 1.54) is 0 Å². The summed E-state index contributed by atoms with van der Waals surface area (Å²) < 4.78 is 0. The first kappa shape index (κ1) is 16.7. The number of aliphatic hydroxyl groups is 1. The molecule has 1 amide bonds. The van der Waals surface area contributed by atoms with Crippen LogP contribution < -0.4 is 5.32 Å². The summed E-state index contributed by atoms with van der Waals surface area (Å²) in [5.41, 5.74) is -0.129. The third-order valence-electron chi connectivity index (χ3n) is 3.72. The summed E-state index contributed by atoms with van der Waals surface area (Å²) in [4.78, 5) is 12.1. The zero-order chi connectivity index (χ0) is 15.5. The van der Waals surface area contributed by atoms with Crippen molar-refractivity contribution in [3.05, 3.63) is 34.9 Å². The van der Waals surface area contributed by atoms with E-state index in [1.807, 2.05) is 24.3 Å². The average Bonchev–Trinajstić information content (AvgIpc) is 2.84. The van der Waals surface area contributed by atoms with Crippen molar-refractivity contribution in [2.75, 3.05) is 18.1 Å². The fourth-order valence-electron chi connectivity index (χ4n) is 2.48. The third-order valence-corrected chi connectivity index (χ3v) is 5.13. The number of thioether (sulfide) groups is 1. The smallest absolute Gasteiger partial charge is 0.252 e. The van der Waals surface area contributed by atoms with E-state index in [2.05, 4.69) is 19.2 Å². The van der Waals surface area contributed by atoms with Crippen LogP contribution in [0.25, 0.3) is 0 Å². The van der Waals surface area contributed by atoms with Gasteiger partial charge in [0.1, 0.15) is 0 Å². The van der Waals surface area contributed by atoms with Crippen LogP contribution in [0, 0.1) is 5.41 Å². The van der Waals surface area contributed by atoms with Gasteiger partial charge in [0.05, 0.1) is 0 Å². The summed E-state index contributed by atoms with van der Waals surface area (Å²) in [5.74, 6) is 1.09. The van der Waals surface area contributed by atoms with E-state index < -0.39 is 5.60 Å². The topological polar surface area (TPSA) is 49.3 Å². The molecule has 1 aliphatic rings. The van der Waals surface area contributed by atoms with E-state index in [0.717, 1.165) is 22.8 Å². The normalized spacial score (nSPS) is 22.3. The summed E-state index contributed by atoms with van der Waals surface area (Å²) in [6.45, 7) is 4.73. The molecule has 0 bridgehead atoms. The lowest BCUT2D eigenvalue weighted by atomic mass is 9.85. The van der Waals surface area contributed by atoms with E-state index in [0.29, 0.717) is 18.7 Å². The van der Waals surface area contributed by atoms with Gasteiger partial charge in [-0.25, -0.2) is 0 Å². The highest BCUT2D eigenvalue weighted by molar-refractivity contribution is 7.99. The van der Waals surface area contributed by atoms with Crippen molar-refractivity contribution in [1.29, 1.82) is 0 Å². The molecule has 1 aromatic carbocycles. The molecular weight excluding hydrogens is 306 g/mol. The number of amides is 1. The van der Waals surface area contributed by atoms with Crippen LogP contribution in [0.4, 0.5) is 0 Å². The minimum Gasteiger partial charge on any atom is -0.379 e. The highest BCUT2D eigenvalue weighted by Gasteiger charge is 2.39. The van der Waals surface area contributed by atoms with E-state index in [4.69, 9.17) is 11.6 Å². The molecule has 1 saturated heterocycles. The first-order valence-corrected chi connectivity index (χ1v) is 8.67. The minimum absolute atomic E-state index is 0.0948. The maximum absolute atomic E-state index is 12.1. The van der Waals surface area contributed by atoms with Crippen LogP contribution in [0.3, 0.4) is 0 Å². The van der Waals surface area contributed by atoms with Crippen LogP contribution in [0.5, 0.6) is 0 Å². The van der Waals surface area contributed by atoms with Crippen LogP contribution in [0.2, 0.25) is 5.02 Å². The molecule has 3 nitrogen and oxygen atoms in total. The monoisotopic (exact) mass is 327 g/mol. The number of hydrogen-bond donors (Lipinski definition) is 2. The first-order chi connectivity index (χ1) is 9.81. The second kappa shape index (κ2) is 6.59. The van der Waals surface area contributed by atoms with Gasteiger partial charge in [-0.1, -0.05) is 37.6 Å². The lowest BCUT2D eigenvalue weighted by Crippen LogP contribution is -2.49. The molecule has 116 valence electrons. The maximum atomic E-state index is 12.1.